The number of hydrogen-bond donors (Lipinski definition) is 1. The molecule has 1 aliphatic rings. The van der Waals surface area contributed by atoms with Crippen LogP contribution in [0.4, 0.5) is 0 Å². The van der Waals surface area contributed by atoms with Gasteiger partial charge in [-0.3, -0.25) is 0 Å². The normalized spacial score (nSPS) is 23.2. The highest BCUT2D eigenvalue weighted by Crippen LogP contribution is 2.31. The Morgan fingerprint density at radius 2 is 1.77 bits per heavy atom. The van der Waals surface area contributed by atoms with Gasteiger partial charge in [-0.05, 0) is 13.8 Å². The zero-order valence-corrected chi connectivity index (χ0v) is 8.04. The third kappa shape index (κ3) is 1.99. The molecule has 0 atom stereocenters. The molecule has 0 aromatic rings. The van der Waals surface area contributed by atoms with Gasteiger partial charge in [-0.25, -0.2) is 0 Å². The summed E-state index contributed by atoms with van der Waals surface area (Å²) in [5.74, 6) is 0. The minimum Gasteiger partial charge on any atom is -0.383 e. The maximum Gasteiger partial charge on any atom is 0.129 e. The topological polar surface area (TPSA) is 62.5 Å². The zero-order chi connectivity index (χ0) is 9.95. The van der Waals surface area contributed by atoms with E-state index in [1.807, 2.05) is 0 Å². The first-order valence-electron chi connectivity index (χ1n) is 4.31. The van der Waals surface area contributed by atoms with Gasteiger partial charge in [0.05, 0.1) is 37.9 Å². The number of nitrogens with zero attached hydrogens (tertiary/aromatic N) is 1. The second kappa shape index (κ2) is 3.62. The largest absolute Gasteiger partial charge is 0.383 e. The first-order chi connectivity index (χ1) is 6.02. The van der Waals surface area contributed by atoms with Gasteiger partial charge in [0.1, 0.15) is 5.60 Å². The number of hydrogen-bond acceptors (Lipinski definition) is 4. The molecule has 1 heterocycles. The van der Waals surface area contributed by atoms with Crippen LogP contribution in [0.1, 0.15) is 13.8 Å². The van der Waals surface area contributed by atoms with Crippen molar-refractivity contribution in [2.45, 2.75) is 19.4 Å². The average molecular weight is 185 g/mol. The highest BCUT2D eigenvalue weighted by atomic mass is 16.6. The smallest absolute Gasteiger partial charge is 0.129 e. The summed E-state index contributed by atoms with van der Waals surface area (Å²) < 4.78 is 10.3. The van der Waals surface area contributed by atoms with Crippen molar-refractivity contribution in [3.8, 4) is 6.07 Å². The Balaban J connectivity index is 2.78. The molecule has 0 radical (unpaired) electrons. The molecule has 13 heavy (non-hydrogen) atoms. The number of rotatable bonds is 1. The van der Waals surface area contributed by atoms with Crippen LogP contribution >= 0.6 is 0 Å². The van der Waals surface area contributed by atoms with Crippen molar-refractivity contribution in [3.05, 3.63) is 0 Å². The predicted octanol–water partition coefficient (Wildman–Crippen LogP) is 0.314. The standard InChI is InChI=1S/C9H15NO3/c1-8(2,5-10)9(11)6-12-3-4-13-7-9/h11H,3-4,6-7H2,1-2H3. The molecule has 4 nitrogen and oxygen atoms in total. The SMILES string of the molecule is CC(C)(C#N)C1(O)COCCOC1. The van der Waals surface area contributed by atoms with Crippen molar-refractivity contribution in [3.63, 3.8) is 0 Å². The fraction of sp³-hybridized carbons (Fsp3) is 0.889. The van der Waals surface area contributed by atoms with Crippen molar-refractivity contribution in [2.75, 3.05) is 26.4 Å². The van der Waals surface area contributed by atoms with E-state index in [4.69, 9.17) is 14.7 Å². The van der Waals surface area contributed by atoms with Crippen LogP contribution in [0.2, 0.25) is 0 Å². The number of ether oxygens (including phenoxy) is 2. The molecule has 0 aliphatic carbocycles. The lowest BCUT2D eigenvalue weighted by Gasteiger charge is -2.35. The molecule has 0 aromatic heterocycles. The number of nitriles is 1. The Morgan fingerprint density at radius 3 is 2.15 bits per heavy atom. The van der Waals surface area contributed by atoms with Crippen molar-refractivity contribution >= 4 is 0 Å². The Morgan fingerprint density at radius 1 is 1.31 bits per heavy atom. The van der Waals surface area contributed by atoms with Crippen molar-refractivity contribution in [1.82, 2.24) is 0 Å². The molecular formula is C9H15NO3. The van der Waals surface area contributed by atoms with Crippen LogP contribution in [0.3, 0.4) is 0 Å². The zero-order valence-electron chi connectivity index (χ0n) is 8.04. The van der Waals surface area contributed by atoms with Crippen molar-refractivity contribution in [1.29, 1.82) is 5.26 Å². The summed E-state index contributed by atoms with van der Waals surface area (Å²) in [6, 6.07) is 2.07. The van der Waals surface area contributed by atoms with Crippen LogP contribution in [-0.2, 0) is 9.47 Å². The number of aliphatic hydroxyl groups is 1. The lowest BCUT2D eigenvalue weighted by molar-refractivity contribution is -0.110. The van der Waals surface area contributed by atoms with Gasteiger partial charge in [0, 0.05) is 0 Å². The van der Waals surface area contributed by atoms with E-state index in [0.29, 0.717) is 13.2 Å². The maximum absolute atomic E-state index is 10.1. The molecular weight excluding hydrogens is 170 g/mol. The first kappa shape index (κ1) is 10.5. The molecule has 1 N–H and O–H groups in total. The minimum absolute atomic E-state index is 0.160. The predicted molar refractivity (Wildman–Crippen MR) is 46.0 cm³/mol. The quantitative estimate of drug-likeness (QED) is 0.638. The maximum atomic E-state index is 10.1. The van der Waals surface area contributed by atoms with Crippen molar-refractivity contribution in [2.24, 2.45) is 5.41 Å². The minimum atomic E-state index is -1.20. The molecule has 0 aromatic carbocycles. The van der Waals surface area contributed by atoms with E-state index < -0.39 is 11.0 Å². The molecule has 4 heteroatoms. The third-order valence-electron chi connectivity index (χ3n) is 2.50. The second-order valence-corrected chi connectivity index (χ2v) is 3.87. The summed E-state index contributed by atoms with van der Waals surface area (Å²) in [5, 5.41) is 19.0. The second-order valence-electron chi connectivity index (χ2n) is 3.87. The fourth-order valence-corrected chi connectivity index (χ4v) is 1.11. The molecule has 0 saturated carbocycles. The van der Waals surface area contributed by atoms with E-state index >= 15 is 0 Å². The lowest BCUT2D eigenvalue weighted by atomic mass is 9.77. The van der Waals surface area contributed by atoms with Crippen molar-refractivity contribution < 1.29 is 14.6 Å². The summed E-state index contributed by atoms with van der Waals surface area (Å²) in [5.41, 5.74) is -2.05. The van der Waals surface area contributed by atoms with Crippen LogP contribution in [0.25, 0.3) is 0 Å². The summed E-state index contributed by atoms with van der Waals surface area (Å²) in [6.45, 7) is 4.64. The molecule has 1 rings (SSSR count). The molecule has 0 spiro atoms. The summed E-state index contributed by atoms with van der Waals surface area (Å²) in [7, 11) is 0. The van der Waals surface area contributed by atoms with E-state index in [1.165, 1.54) is 0 Å². The summed E-state index contributed by atoms with van der Waals surface area (Å²) >= 11 is 0. The van der Waals surface area contributed by atoms with Crippen LogP contribution in [0.15, 0.2) is 0 Å². The van der Waals surface area contributed by atoms with Gasteiger partial charge in [-0.2, -0.15) is 5.26 Å². The molecule has 0 amide bonds. The van der Waals surface area contributed by atoms with Gasteiger partial charge in [0.15, 0.2) is 0 Å². The van der Waals surface area contributed by atoms with Gasteiger partial charge in [-0.1, -0.05) is 0 Å². The Labute approximate surface area is 78.1 Å². The van der Waals surface area contributed by atoms with E-state index in [0.717, 1.165) is 0 Å². The van der Waals surface area contributed by atoms with Crippen LogP contribution in [0.5, 0.6) is 0 Å². The fourth-order valence-electron chi connectivity index (χ4n) is 1.11. The molecule has 0 bridgehead atoms. The third-order valence-corrected chi connectivity index (χ3v) is 2.50. The van der Waals surface area contributed by atoms with E-state index in [1.54, 1.807) is 13.8 Å². The summed E-state index contributed by atoms with van der Waals surface area (Å²) in [4.78, 5) is 0. The van der Waals surface area contributed by atoms with Gasteiger partial charge in [0.2, 0.25) is 0 Å². The van der Waals surface area contributed by atoms with E-state index in [9.17, 15) is 5.11 Å². The molecule has 1 fully saturated rings. The first-order valence-corrected chi connectivity index (χ1v) is 4.31. The van der Waals surface area contributed by atoms with E-state index in [2.05, 4.69) is 6.07 Å². The Kier molecular flexibility index (Phi) is 2.91. The van der Waals surface area contributed by atoms with Gasteiger partial charge < -0.3 is 14.6 Å². The van der Waals surface area contributed by atoms with Gasteiger partial charge in [-0.15, -0.1) is 0 Å². The Bertz CT molecular complexity index is 211. The van der Waals surface area contributed by atoms with Gasteiger partial charge >= 0.3 is 0 Å². The molecule has 1 saturated heterocycles. The van der Waals surface area contributed by atoms with Gasteiger partial charge in [0.25, 0.3) is 0 Å². The van der Waals surface area contributed by atoms with Crippen LogP contribution in [-0.4, -0.2) is 37.1 Å². The lowest BCUT2D eigenvalue weighted by Crippen LogP contribution is -2.50. The molecule has 0 unspecified atom stereocenters. The summed E-state index contributed by atoms with van der Waals surface area (Å²) in [6.07, 6.45) is 0. The Hall–Kier alpha value is -0.630. The highest BCUT2D eigenvalue weighted by molar-refractivity contribution is 5.07. The average Bonchev–Trinajstić information content (AvgIpc) is 2.31. The van der Waals surface area contributed by atoms with Crippen LogP contribution in [0, 0.1) is 16.7 Å². The van der Waals surface area contributed by atoms with E-state index in [-0.39, 0.29) is 13.2 Å². The highest BCUT2D eigenvalue weighted by Gasteiger charge is 2.45. The monoisotopic (exact) mass is 185 g/mol. The van der Waals surface area contributed by atoms with Crippen LogP contribution < -0.4 is 0 Å². The molecule has 1 aliphatic heterocycles. The molecule has 74 valence electrons.